The minimum atomic E-state index is -0.139. The Morgan fingerprint density at radius 1 is 0.912 bits per heavy atom. The van der Waals surface area contributed by atoms with Crippen LogP contribution in [0.3, 0.4) is 0 Å². The minimum Gasteiger partial charge on any atom is -0.416 e. The van der Waals surface area contributed by atoms with E-state index in [1.165, 1.54) is 5.56 Å². The van der Waals surface area contributed by atoms with Crippen LogP contribution in [0.25, 0.3) is 22.9 Å². The predicted octanol–water partition coefficient (Wildman–Crippen LogP) is 4.89. The Labute approximate surface area is 197 Å². The van der Waals surface area contributed by atoms with Crippen molar-refractivity contribution in [3.63, 3.8) is 0 Å². The summed E-state index contributed by atoms with van der Waals surface area (Å²) in [4.78, 5) is 16.6. The van der Waals surface area contributed by atoms with Gasteiger partial charge in [-0.25, -0.2) is 4.98 Å². The summed E-state index contributed by atoms with van der Waals surface area (Å²) >= 11 is 0. The Morgan fingerprint density at radius 2 is 1.65 bits per heavy atom. The fourth-order valence-electron chi connectivity index (χ4n) is 3.64. The first kappa shape index (κ1) is 21.3. The molecule has 2 heterocycles. The van der Waals surface area contributed by atoms with Crippen molar-refractivity contribution >= 4 is 5.91 Å². The average molecular weight is 450 g/mol. The van der Waals surface area contributed by atoms with Gasteiger partial charge in [0.15, 0.2) is 0 Å². The third-order valence-corrected chi connectivity index (χ3v) is 5.48. The van der Waals surface area contributed by atoms with Gasteiger partial charge in [-0.15, -0.1) is 10.2 Å². The second-order valence-corrected chi connectivity index (χ2v) is 8.09. The molecule has 0 atom stereocenters. The average Bonchev–Trinajstić information content (AvgIpc) is 3.56. The lowest BCUT2D eigenvalue weighted by Gasteiger charge is -2.07. The molecule has 0 saturated carbocycles. The lowest BCUT2D eigenvalue weighted by molar-refractivity contribution is 0.0951. The molecule has 168 valence electrons. The number of imidazole rings is 1. The number of carbonyl (C=O) groups excluding carboxylic acids is 1. The molecule has 0 aliphatic rings. The monoisotopic (exact) mass is 449 g/mol. The zero-order valence-electron chi connectivity index (χ0n) is 18.7. The van der Waals surface area contributed by atoms with Gasteiger partial charge in [0.05, 0.1) is 6.33 Å². The Kier molecular flexibility index (Phi) is 5.99. The Balaban J connectivity index is 1.19. The van der Waals surface area contributed by atoms with Gasteiger partial charge < -0.3 is 14.3 Å². The van der Waals surface area contributed by atoms with Crippen LogP contribution in [0.4, 0.5) is 0 Å². The van der Waals surface area contributed by atoms with Crippen LogP contribution in [0, 0.1) is 6.92 Å². The molecule has 34 heavy (non-hydrogen) atoms. The Bertz CT molecular complexity index is 1390. The van der Waals surface area contributed by atoms with E-state index in [1.807, 2.05) is 66.2 Å². The molecule has 5 aromatic rings. The highest BCUT2D eigenvalue weighted by Gasteiger charge is 2.12. The van der Waals surface area contributed by atoms with Gasteiger partial charge in [0, 0.05) is 42.2 Å². The summed E-state index contributed by atoms with van der Waals surface area (Å²) in [6.07, 6.45) is 5.49. The van der Waals surface area contributed by atoms with E-state index >= 15 is 0 Å². The normalized spacial score (nSPS) is 10.9. The van der Waals surface area contributed by atoms with Crippen molar-refractivity contribution in [1.29, 1.82) is 0 Å². The van der Waals surface area contributed by atoms with Gasteiger partial charge in [-0.05, 0) is 54.4 Å². The number of amides is 1. The molecule has 1 amide bonds. The first-order valence-corrected chi connectivity index (χ1v) is 11.0. The molecule has 7 heteroatoms. The molecular weight excluding hydrogens is 426 g/mol. The fourth-order valence-corrected chi connectivity index (χ4v) is 3.64. The molecule has 1 N–H and O–H groups in total. The van der Waals surface area contributed by atoms with Crippen LogP contribution in [0.1, 0.15) is 27.0 Å². The van der Waals surface area contributed by atoms with Crippen molar-refractivity contribution in [3.05, 3.63) is 114 Å². The molecule has 0 fully saturated rings. The van der Waals surface area contributed by atoms with Crippen molar-refractivity contribution < 1.29 is 9.21 Å². The van der Waals surface area contributed by atoms with E-state index in [9.17, 15) is 4.79 Å². The van der Waals surface area contributed by atoms with E-state index in [2.05, 4.69) is 32.6 Å². The summed E-state index contributed by atoms with van der Waals surface area (Å²) in [6.45, 7) is 3.24. The van der Waals surface area contributed by atoms with Gasteiger partial charge in [-0.2, -0.15) is 0 Å². The molecule has 0 aliphatic heterocycles. The standard InChI is InChI=1S/C27H23N5O2/c1-19-3-2-4-24(15-19)27-31-30-26(34-27)23-11-9-22(10-12-23)25(33)29-16-20-5-7-21(8-6-20)17-32-14-13-28-18-32/h2-15,18H,16-17H2,1H3,(H,29,33). The molecule has 0 radical (unpaired) electrons. The van der Waals surface area contributed by atoms with Gasteiger partial charge in [0.25, 0.3) is 5.91 Å². The number of hydrogen-bond acceptors (Lipinski definition) is 5. The van der Waals surface area contributed by atoms with Crippen LogP contribution in [0.5, 0.6) is 0 Å². The molecule has 3 aromatic carbocycles. The smallest absolute Gasteiger partial charge is 0.251 e. The molecule has 0 bridgehead atoms. The first-order valence-electron chi connectivity index (χ1n) is 11.0. The number of nitrogens with zero attached hydrogens (tertiary/aromatic N) is 4. The summed E-state index contributed by atoms with van der Waals surface area (Å²) in [5, 5.41) is 11.3. The number of rotatable bonds is 7. The molecule has 7 nitrogen and oxygen atoms in total. The summed E-state index contributed by atoms with van der Waals surface area (Å²) in [5.74, 6) is 0.746. The SMILES string of the molecule is Cc1cccc(-c2nnc(-c3ccc(C(=O)NCc4ccc(Cn5ccnc5)cc4)cc3)o2)c1. The molecule has 0 saturated heterocycles. The molecule has 5 rings (SSSR count). The van der Waals surface area contributed by atoms with Crippen molar-refractivity contribution in [1.82, 2.24) is 25.1 Å². The lowest BCUT2D eigenvalue weighted by atomic mass is 10.1. The summed E-state index contributed by atoms with van der Waals surface area (Å²) in [7, 11) is 0. The van der Waals surface area contributed by atoms with Crippen molar-refractivity contribution in [2.24, 2.45) is 0 Å². The summed E-state index contributed by atoms with van der Waals surface area (Å²) < 4.78 is 7.84. The molecule has 0 unspecified atom stereocenters. The quantitative estimate of drug-likeness (QED) is 0.382. The maximum absolute atomic E-state index is 12.6. The third-order valence-electron chi connectivity index (χ3n) is 5.48. The molecule has 0 aliphatic carbocycles. The highest BCUT2D eigenvalue weighted by Crippen LogP contribution is 2.24. The maximum Gasteiger partial charge on any atom is 0.251 e. The van der Waals surface area contributed by atoms with E-state index in [4.69, 9.17) is 4.42 Å². The van der Waals surface area contributed by atoms with Crippen LogP contribution in [-0.2, 0) is 13.1 Å². The second-order valence-electron chi connectivity index (χ2n) is 8.09. The first-order chi connectivity index (χ1) is 16.6. The number of benzene rings is 3. The molecular formula is C27H23N5O2. The number of hydrogen-bond donors (Lipinski definition) is 1. The number of nitrogens with one attached hydrogen (secondary N) is 1. The van der Waals surface area contributed by atoms with Crippen molar-refractivity contribution in [3.8, 4) is 22.9 Å². The van der Waals surface area contributed by atoms with Crippen LogP contribution in [0.15, 0.2) is 95.9 Å². The van der Waals surface area contributed by atoms with Gasteiger partial charge in [-0.1, -0.05) is 42.0 Å². The third kappa shape index (κ3) is 4.94. The van der Waals surface area contributed by atoms with Crippen LogP contribution >= 0.6 is 0 Å². The minimum absolute atomic E-state index is 0.139. The zero-order chi connectivity index (χ0) is 23.3. The van der Waals surface area contributed by atoms with Crippen molar-refractivity contribution in [2.75, 3.05) is 0 Å². The van der Waals surface area contributed by atoms with Gasteiger partial charge in [0.2, 0.25) is 11.8 Å². The van der Waals surface area contributed by atoms with E-state index in [0.717, 1.165) is 28.8 Å². The highest BCUT2D eigenvalue weighted by molar-refractivity contribution is 5.94. The van der Waals surface area contributed by atoms with Gasteiger partial charge >= 0.3 is 0 Å². The summed E-state index contributed by atoms with van der Waals surface area (Å²) in [6, 6.07) is 23.2. The fraction of sp³-hybridized carbons (Fsp3) is 0.111. The summed E-state index contributed by atoms with van der Waals surface area (Å²) in [5.41, 5.74) is 5.54. The number of carbonyl (C=O) groups is 1. The van der Waals surface area contributed by atoms with E-state index in [-0.39, 0.29) is 5.91 Å². The highest BCUT2D eigenvalue weighted by atomic mass is 16.4. The topological polar surface area (TPSA) is 85.8 Å². The second kappa shape index (κ2) is 9.54. The van der Waals surface area contributed by atoms with E-state index in [0.29, 0.717) is 23.9 Å². The Hall–Kier alpha value is -4.52. The van der Waals surface area contributed by atoms with Crippen LogP contribution in [-0.4, -0.2) is 25.7 Å². The van der Waals surface area contributed by atoms with E-state index in [1.54, 1.807) is 24.7 Å². The van der Waals surface area contributed by atoms with E-state index < -0.39 is 0 Å². The maximum atomic E-state index is 12.6. The molecule has 2 aromatic heterocycles. The Morgan fingerprint density at radius 3 is 2.35 bits per heavy atom. The van der Waals surface area contributed by atoms with Crippen molar-refractivity contribution in [2.45, 2.75) is 20.0 Å². The molecule has 0 spiro atoms. The van der Waals surface area contributed by atoms with Crippen LogP contribution < -0.4 is 5.32 Å². The lowest BCUT2D eigenvalue weighted by Crippen LogP contribution is -2.22. The predicted molar refractivity (Wildman–Crippen MR) is 129 cm³/mol. The largest absolute Gasteiger partial charge is 0.416 e. The number of aromatic nitrogens is 4. The van der Waals surface area contributed by atoms with Crippen LogP contribution in [0.2, 0.25) is 0 Å². The zero-order valence-corrected chi connectivity index (χ0v) is 18.7. The van der Waals surface area contributed by atoms with Gasteiger partial charge in [0.1, 0.15) is 0 Å². The van der Waals surface area contributed by atoms with Gasteiger partial charge in [-0.3, -0.25) is 4.79 Å². The number of aryl methyl sites for hydroxylation is 1.